The fourth-order valence-electron chi connectivity index (χ4n) is 1.94. The van der Waals surface area contributed by atoms with Gasteiger partial charge in [-0.05, 0) is 19.3 Å². The first kappa shape index (κ1) is 9.26. The Balaban J connectivity index is 1.78. The number of hydrogen-bond acceptors (Lipinski definition) is 6. The van der Waals surface area contributed by atoms with E-state index in [9.17, 15) is 0 Å². The third kappa shape index (κ3) is 1.62. The minimum atomic E-state index is 0.528. The van der Waals surface area contributed by atoms with Gasteiger partial charge in [-0.15, -0.1) is 0 Å². The Hall–Kier alpha value is -1.98. The molecule has 0 amide bonds. The molecule has 6 nitrogen and oxygen atoms in total. The number of nitrogens with zero attached hydrogens (tertiary/aromatic N) is 4. The third-order valence-corrected chi connectivity index (χ3v) is 2.70. The van der Waals surface area contributed by atoms with Gasteiger partial charge >= 0.3 is 0 Å². The molecule has 2 heterocycles. The highest BCUT2D eigenvalue weighted by molar-refractivity contribution is 5.47. The Morgan fingerprint density at radius 2 is 2.25 bits per heavy atom. The molecule has 0 aliphatic heterocycles. The van der Waals surface area contributed by atoms with E-state index >= 15 is 0 Å². The van der Waals surface area contributed by atoms with Crippen molar-refractivity contribution in [1.29, 1.82) is 0 Å². The van der Waals surface area contributed by atoms with Crippen LogP contribution in [0.2, 0.25) is 0 Å². The van der Waals surface area contributed by atoms with Crippen molar-refractivity contribution in [2.75, 3.05) is 5.32 Å². The van der Waals surface area contributed by atoms with E-state index in [0.717, 1.165) is 30.8 Å². The summed E-state index contributed by atoms with van der Waals surface area (Å²) in [7, 11) is 0. The van der Waals surface area contributed by atoms with Gasteiger partial charge in [-0.25, -0.2) is 9.97 Å². The lowest BCUT2D eigenvalue weighted by Gasteiger charge is -2.07. The van der Waals surface area contributed by atoms with Crippen LogP contribution in [0, 0.1) is 0 Å². The molecular weight excluding hydrogens is 206 g/mol. The third-order valence-electron chi connectivity index (χ3n) is 2.70. The largest absolute Gasteiger partial charge is 0.362 e. The van der Waals surface area contributed by atoms with Crippen LogP contribution in [0.25, 0.3) is 0 Å². The van der Waals surface area contributed by atoms with Crippen molar-refractivity contribution in [3.63, 3.8) is 0 Å². The maximum atomic E-state index is 4.66. The Labute approximate surface area is 92.1 Å². The molecule has 0 bridgehead atoms. The summed E-state index contributed by atoms with van der Waals surface area (Å²) >= 11 is 0. The smallest absolute Gasteiger partial charge is 0.213 e. The molecule has 1 N–H and O–H groups in total. The maximum absolute atomic E-state index is 4.66. The van der Waals surface area contributed by atoms with Crippen LogP contribution >= 0.6 is 0 Å². The van der Waals surface area contributed by atoms with Crippen LogP contribution in [0.15, 0.2) is 17.2 Å². The van der Waals surface area contributed by atoms with Crippen molar-refractivity contribution in [1.82, 2.24) is 20.1 Å². The summed E-state index contributed by atoms with van der Waals surface area (Å²) in [6, 6.07) is 0. The highest BCUT2D eigenvalue weighted by Crippen LogP contribution is 2.25. The number of anilines is 1. The van der Waals surface area contributed by atoms with Gasteiger partial charge in [0, 0.05) is 11.3 Å². The molecule has 0 fully saturated rings. The lowest BCUT2D eigenvalue weighted by atomic mass is 10.2. The van der Waals surface area contributed by atoms with E-state index in [2.05, 4.69) is 29.9 Å². The average molecular weight is 217 g/mol. The fraction of sp³-hybridized carbons (Fsp3) is 0.400. The zero-order chi connectivity index (χ0) is 10.8. The molecule has 0 unspecified atom stereocenters. The first-order valence-corrected chi connectivity index (χ1v) is 5.25. The second-order valence-corrected chi connectivity index (χ2v) is 3.70. The summed E-state index contributed by atoms with van der Waals surface area (Å²) in [4.78, 5) is 12.4. The Morgan fingerprint density at radius 1 is 1.25 bits per heavy atom. The second-order valence-electron chi connectivity index (χ2n) is 3.70. The Bertz CT molecular complexity index is 482. The van der Waals surface area contributed by atoms with Gasteiger partial charge in [0.2, 0.25) is 6.39 Å². The molecule has 2 aromatic heterocycles. The standard InChI is InChI=1S/C10H11N5O/c1-2-7-8(3-1)12-5-13-10(7)11-4-9-14-6-16-15-9/h5-6H,1-4H2,(H,11,12,13). The quantitative estimate of drug-likeness (QED) is 0.825. The molecule has 2 aromatic rings. The molecular formula is C10H11N5O. The zero-order valence-electron chi connectivity index (χ0n) is 8.68. The van der Waals surface area contributed by atoms with Crippen molar-refractivity contribution in [2.24, 2.45) is 0 Å². The van der Waals surface area contributed by atoms with Gasteiger partial charge in [-0.2, -0.15) is 4.98 Å². The molecule has 6 heteroatoms. The van der Waals surface area contributed by atoms with Crippen LogP contribution in [0.3, 0.4) is 0 Å². The van der Waals surface area contributed by atoms with Crippen molar-refractivity contribution in [3.05, 3.63) is 29.8 Å². The molecule has 1 aliphatic carbocycles. The molecule has 0 radical (unpaired) electrons. The summed E-state index contributed by atoms with van der Waals surface area (Å²) < 4.78 is 4.66. The summed E-state index contributed by atoms with van der Waals surface area (Å²) in [6.45, 7) is 0.528. The van der Waals surface area contributed by atoms with Gasteiger partial charge < -0.3 is 9.84 Å². The SMILES string of the molecule is c1nc2c(c(NCc3ncon3)n1)CCC2. The number of aryl methyl sites for hydroxylation is 1. The number of hydrogen-bond donors (Lipinski definition) is 1. The summed E-state index contributed by atoms with van der Waals surface area (Å²) in [6.07, 6.45) is 6.18. The molecule has 0 aromatic carbocycles. The molecule has 0 atom stereocenters. The van der Waals surface area contributed by atoms with Gasteiger partial charge in [0.05, 0.1) is 6.54 Å². The molecule has 1 aliphatic rings. The normalized spacial score (nSPS) is 13.8. The van der Waals surface area contributed by atoms with Gasteiger partial charge in [0.15, 0.2) is 5.82 Å². The van der Waals surface area contributed by atoms with Gasteiger partial charge in [0.25, 0.3) is 0 Å². The van der Waals surface area contributed by atoms with Gasteiger partial charge in [-0.3, -0.25) is 0 Å². The van der Waals surface area contributed by atoms with Crippen molar-refractivity contribution >= 4 is 5.82 Å². The van der Waals surface area contributed by atoms with E-state index < -0.39 is 0 Å². The van der Waals surface area contributed by atoms with Gasteiger partial charge in [-0.1, -0.05) is 5.16 Å². The summed E-state index contributed by atoms with van der Waals surface area (Å²) in [5.74, 6) is 1.53. The van der Waals surface area contributed by atoms with E-state index in [1.165, 1.54) is 12.0 Å². The van der Waals surface area contributed by atoms with E-state index in [1.54, 1.807) is 6.33 Å². The van der Waals surface area contributed by atoms with Crippen molar-refractivity contribution in [2.45, 2.75) is 25.8 Å². The summed E-state index contributed by atoms with van der Waals surface area (Å²) in [5.41, 5.74) is 2.39. The number of fused-ring (bicyclic) bond motifs is 1. The van der Waals surface area contributed by atoms with Crippen LogP contribution in [0.5, 0.6) is 0 Å². The van der Waals surface area contributed by atoms with Crippen molar-refractivity contribution in [3.8, 4) is 0 Å². The molecule has 82 valence electrons. The minimum Gasteiger partial charge on any atom is -0.362 e. The first-order chi connectivity index (χ1) is 7.93. The second kappa shape index (κ2) is 3.88. The lowest BCUT2D eigenvalue weighted by molar-refractivity contribution is 0.411. The minimum absolute atomic E-state index is 0.528. The van der Waals surface area contributed by atoms with Crippen LogP contribution in [0.1, 0.15) is 23.5 Å². The van der Waals surface area contributed by atoms with Crippen LogP contribution in [-0.2, 0) is 19.4 Å². The zero-order valence-corrected chi connectivity index (χ0v) is 8.68. The number of aromatic nitrogens is 4. The highest BCUT2D eigenvalue weighted by atomic mass is 16.5. The average Bonchev–Trinajstić information content (AvgIpc) is 2.97. The summed E-state index contributed by atoms with van der Waals surface area (Å²) in [5, 5.41) is 6.94. The molecule has 16 heavy (non-hydrogen) atoms. The van der Waals surface area contributed by atoms with Gasteiger partial charge in [0.1, 0.15) is 12.1 Å². The maximum Gasteiger partial charge on any atom is 0.213 e. The van der Waals surface area contributed by atoms with Crippen LogP contribution in [-0.4, -0.2) is 20.1 Å². The Kier molecular flexibility index (Phi) is 2.25. The molecule has 0 spiro atoms. The number of rotatable bonds is 3. The molecule has 3 rings (SSSR count). The Morgan fingerprint density at radius 3 is 3.12 bits per heavy atom. The number of nitrogens with one attached hydrogen (secondary N) is 1. The first-order valence-electron chi connectivity index (χ1n) is 5.25. The molecule has 0 saturated carbocycles. The lowest BCUT2D eigenvalue weighted by Crippen LogP contribution is -2.06. The predicted octanol–water partition coefficient (Wildman–Crippen LogP) is 0.960. The van der Waals surface area contributed by atoms with Crippen LogP contribution in [0.4, 0.5) is 5.82 Å². The monoisotopic (exact) mass is 217 g/mol. The van der Waals surface area contributed by atoms with E-state index in [4.69, 9.17) is 0 Å². The van der Waals surface area contributed by atoms with Crippen LogP contribution < -0.4 is 5.32 Å². The van der Waals surface area contributed by atoms with E-state index in [-0.39, 0.29) is 0 Å². The van der Waals surface area contributed by atoms with Crippen molar-refractivity contribution < 1.29 is 4.52 Å². The predicted molar refractivity (Wildman–Crippen MR) is 55.7 cm³/mol. The topological polar surface area (TPSA) is 76.7 Å². The molecule has 0 saturated heterocycles. The van der Waals surface area contributed by atoms with E-state index in [1.807, 2.05) is 0 Å². The highest BCUT2D eigenvalue weighted by Gasteiger charge is 2.16. The fourth-order valence-corrected chi connectivity index (χ4v) is 1.94. The van der Waals surface area contributed by atoms with E-state index in [0.29, 0.717) is 12.4 Å².